The summed E-state index contributed by atoms with van der Waals surface area (Å²) in [6, 6.07) is 17.7. The van der Waals surface area contributed by atoms with Crippen LogP contribution in [0.4, 0.5) is 0 Å². The van der Waals surface area contributed by atoms with E-state index in [4.69, 9.17) is 4.98 Å². The number of carbonyl (C=O) groups is 1. The van der Waals surface area contributed by atoms with E-state index >= 15 is 0 Å². The SMILES string of the molecule is O=C(c1ccc(-c2ccn[nH]2)cc1)N1CCC[C@@H](c2nc3ccccc3[nH]2)C1. The minimum absolute atomic E-state index is 0.0805. The second-order valence-corrected chi connectivity index (χ2v) is 7.28. The summed E-state index contributed by atoms with van der Waals surface area (Å²) in [6.07, 6.45) is 3.75. The summed E-state index contributed by atoms with van der Waals surface area (Å²) in [5.74, 6) is 1.31. The topological polar surface area (TPSA) is 77.7 Å². The van der Waals surface area contributed by atoms with Crippen LogP contribution in [-0.4, -0.2) is 44.1 Å². The number of fused-ring (bicyclic) bond motifs is 1. The molecule has 28 heavy (non-hydrogen) atoms. The van der Waals surface area contributed by atoms with Gasteiger partial charge in [-0.3, -0.25) is 9.89 Å². The van der Waals surface area contributed by atoms with Crippen LogP contribution in [-0.2, 0) is 0 Å². The number of aromatic amines is 2. The second kappa shape index (κ2) is 6.96. The van der Waals surface area contributed by atoms with E-state index < -0.39 is 0 Å². The molecule has 0 saturated carbocycles. The smallest absolute Gasteiger partial charge is 0.253 e. The molecule has 1 amide bonds. The number of benzene rings is 2. The maximum Gasteiger partial charge on any atom is 0.253 e. The molecule has 2 aromatic heterocycles. The number of para-hydroxylation sites is 2. The van der Waals surface area contributed by atoms with Crippen LogP contribution in [0.1, 0.15) is 34.9 Å². The Kier molecular flexibility index (Phi) is 4.16. The van der Waals surface area contributed by atoms with Crippen LogP contribution in [0.2, 0.25) is 0 Å². The Morgan fingerprint density at radius 3 is 2.71 bits per heavy atom. The van der Waals surface area contributed by atoms with Crippen molar-refractivity contribution in [3.05, 3.63) is 72.2 Å². The Morgan fingerprint density at radius 2 is 1.93 bits per heavy atom. The van der Waals surface area contributed by atoms with Crippen molar-refractivity contribution in [3.8, 4) is 11.3 Å². The highest BCUT2D eigenvalue weighted by molar-refractivity contribution is 5.94. The van der Waals surface area contributed by atoms with Gasteiger partial charge in [0.1, 0.15) is 5.82 Å². The third-order valence-corrected chi connectivity index (χ3v) is 5.45. The minimum Gasteiger partial charge on any atom is -0.342 e. The molecule has 6 nitrogen and oxygen atoms in total. The van der Waals surface area contributed by atoms with Crippen LogP contribution in [0.3, 0.4) is 0 Å². The molecular formula is C22H21N5O. The Labute approximate surface area is 162 Å². The van der Waals surface area contributed by atoms with Gasteiger partial charge in [0.25, 0.3) is 5.91 Å². The van der Waals surface area contributed by atoms with Crippen LogP contribution in [0.25, 0.3) is 22.3 Å². The first kappa shape index (κ1) is 16.7. The quantitative estimate of drug-likeness (QED) is 0.572. The van der Waals surface area contributed by atoms with E-state index in [1.54, 1.807) is 6.20 Å². The number of imidazole rings is 1. The lowest BCUT2D eigenvalue weighted by atomic mass is 9.96. The molecule has 1 fully saturated rings. The fourth-order valence-corrected chi connectivity index (χ4v) is 3.94. The molecule has 2 N–H and O–H groups in total. The third kappa shape index (κ3) is 3.07. The van der Waals surface area contributed by atoms with Gasteiger partial charge in [0.05, 0.1) is 16.7 Å². The van der Waals surface area contributed by atoms with Gasteiger partial charge in [-0.05, 0) is 48.7 Å². The van der Waals surface area contributed by atoms with Crippen molar-refractivity contribution in [2.75, 3.05) is 13.1 Å². The van der Waals surface area contributed by atoms with E-state index in [2.05, 4.69) is 15.2 Å². The van der Waals surface area contributed by atoms with E-state index in [9.17, 15) is 4.79 Å². The van der Waals surface area contributed by atoms with Crippen molar-refractivity contribution in [1.82, 2.24) is 25.1 Å². The van der Waals surface area contributed by atoms with Gasteiger partial charge in [-0.15, -0.1) is 0 Å². The van der Waals surface area contributed by atoms with Gasteiger partial charge in [0.15, 0.2) is 0 Å². The fraction of sp³-hybridized carbons (Fsp3) is 0.227. The van der Waals surface area contributed by atoms with Crippen molar-refractivity contribution in [2.45, 2.75) is 18.8 Å². The number of nitrogens with one attached hydrogen (secondary N) is 2. The van der Waals surface area contributed by atoms with Crippen LogP contribution in [0.5, 0.6) is 0 Å². The molecule has 1 atom stereocenters. The van der Waals surface area contributed by atoms with Gasteiger partial charge in [-0.1, -0.05) is 24.3 Å². The van der Waals surface area contributed by atoms with E-state index in [0.29, 0.717) is 12.1 Å². The molecule has 1 aliphatic rings. The summed E-state index contributed by atoms with van der Waals surface area (Å²) in [5.41, 5.74) is 4.72. The Balaban J connectivity index is 1.33. The molecule has 0 spiro atoms. The highest BCUT2D eigenvalue weighted by atomic mass is 16.2. The van der Waals surface area contributed by atoms with Gasteiger partial charge in [-0.2, -0.15) is 5.10 Å². The van der Waals surface area contributed by atoms with Gasteiger partial charge >= 0.3 is 0 Å². The average molecular weight is 371 g/mol. The highest BCUT2D eigenvalue weighted by Gasteiger charge is 2.27. The molecule has 6 heteroatoms. The van der Waals surface area contributed by atoms with E-state index in [1.807, 2.05) is 59.5 Å². The summed E-state index contributed by atoms with van der Waals surface area (Å²) >= 11 is 0. The van der Waals surface area contributed by atoms with E-state index in [0.717, 1.165) is 47.5 Å². The summed E-state index contributed by atoms with van der Waals surface area (Å²) < 4.78 is 0. The number of nitrogens with zero attached hydrogens (tertiary/aromatic N) is 3. The van der Waals surface area contributed by atoms with Gasteiger partial charge < -0.3 is 9.88 Å². The number of H-pyrrole nitrogens is 2. The van der Waals surface area contributed by atoms with Crippen LogP contribution in [0, 0.1) is 0 Å². The van der Waals surface area contributed by atoms with Crippen molar-refractivity contribution in [2.24, 2.45) is 0 Å². The van der Waals surface area contributed by atoms with Gasteiger partial charge in [0.2, 0.25) is 0 Å². The number of hydrogen-bond acceptors (Lipinski definition) is 3. The van der Waals surface area contributed by atoms with E-state index in [1.165, 1.54) is 0 Å². The van der Waals surface area contributed by atoms with Crippen molar-refractivity contribution >= 4 is 16.9 Å². The van der Waals surface area contributed by atoms with Crippen molar-refractivity contribution in [1.29, 1.82) is 0 Å². The fourth-order valence-electron chi connectivity index (χ4n) is 3.94. The highest BCUT2D eigenvalue weighted by Crippen LogP contribution is 2.28. The van der Waals surface area contributed by atoms with Crippen LogP contribution in [0.15, 0.2) is 60.8 Å². The zero-order valence-corrected chi connectivity index (χ0v) is 15.4. The molecule has 4 aromatic rings. The van der Waals surface area contributed by atoms with Crippen molar-refractivity contribution < 1.29 is 4.79 Å². The molecule has 2 aromatic carbocycles. The lowest BCUT2D eigenvalue weighted by Gasteiger charge is -2.32. The minimum atomic E-state index is 0.0805. The molecule has 140 valence electrons. The lowest BCUT2D eigenvalue weighted by Crippen LogP contribution is -2.39. The monoisotopic (exact) mass is 371 g/mol. The predicted molar refractivity (Wildman–Crippen MR) is 108 cm³/mol. The molecule has 0 radical (unpaired) electrons. The standard InChI is InChI=1S/C22H21N5O/c28-22(16-9-7-15(8-10-16)18-11-12-23-26-18)27-13-3-4-17(14-27)21-24-19-5-1-2-6-20(19)25-21/h1-2,5-12,17H,3-4,13-14H2,(H,23,26)(H,24,25)/t17-/m1/s1. The van der Waals surface area contributed by atoms with Crippen molar-refractivity contribution in [3.63, 3.8) is 0 Å². The maximum absolute atomic E-state index is 13.0. The number of amides is 1. The predicted octanol–water partition coefficient (Wildman–Crippen LogP) is 3.97. The normalized spacial score (nSPS) is 17.1. The molecule has 1 aliphatic heterocycles. The number of piperidine rings is 1. The largest absolute Gasteiger partial charge is 0.342 e. The number of rotatable bonds is 3. The summed E-state index contributed by atoms with van der Waals surface area (Å²) in [5, 5.41) is 6.92. The Bertz CT molecular complexity index is 1060. The number of hydrogen-bond donors (Lipinski definition) is 2. The van der Waals surface area contributed by atoms with Crippen LogP contribution >= 0.6 is 0 Å². The zero-order valence-electron chi connectivity index (χ0n) is 15.4. The average Bonchev–Trinajstić information content (AvgIpc) is 3.43. The first-order chi connectivity index (χ1) is 13.8. The first-order valence-corrected chi connectivity index (χ1v) is 9.62. The van der Waals surface area contributed by atoms with Crippen LogP contribution < -0.4 is 0 Å². The molecule has 0 bridgehead atoms. The number of likely N-dealkylation sites (tertiary alicyclic amines) is 1. The number of carbonyl (C=O) groups excluding carboxylic acids is 1. The molecular weight excluding hydrogens is 350 g/mol. The molecule has 0 aliphatic carbocycles. The van der Waals surface area contributed by atoms with Gasteiger partial charge in [-0.25, -0.2) is 4.98 Å². The summed E-state index contributed by atoms with van der Waals surface area (Å²) in [4.78, 5) is 23.1. The first-order valence-electron chi connectivity index (χ1n) is 9.62. The third-order valence-electron chi connectivity index (χ3n) is 5.45. The second-order valence-electron chi connectivity index (χ2n) is 7.28. The summed E-state index contributed by atoms with van der Waals surface area (Å²) in [6.45, 7) is 1.48. The maximum atomic E-state index is 13.0. The van der Waals surface area contributed by atoms with E-state index in [-0.39, 0.29) is 11.8 Å². The zero-order chi connectivity index (χ0) is 18.9. The summed E-state index contributed by atoms with van der Waals surface area (Å²) in [7, 11) is 0. The molecule has 1 saturated heterocycles. The van der Waals surface area contributed by atoms with Gasteiger partial charge in [0, 0.05) is 30.8 Å². The number of aromatic nitrogens is 4. The molecule has 0 unspecified atom stereocenters. The molecule has 3 heterocycles. The lowest BCUT2D eigenvalue weighted by molar-refractivity contribution is 0.0705. The molecule has 5 rings (SSSR count). The Morgan fingerprint density at radius 1 is 1.07 bits per heavy atom. The Hall–Kier alpha value is -3.41.